The molecule has 3 aromatic rings. The number of nitrogens with zero attached hydrogens (tertiary/aromatic N) is 1. The van der Waals surface area contributed by atoms with Crippen LogP contribution in [0.4, 0.5) is 24.7 Å². The molecule has 140 valence electrons. The first kappa shape index (κ1) is 18.8. The minimum atomic E-state index is -4.54. The lowest BCUT2D eigenvalue weighted by Gasteiger charge is -2.12. The van der Waals surface area contributed by atoms with Gasteiger partial charge >= 0.3 is 6.18 Å². The van der Waals surface area contributed by atoms with Gasteiger partial charge in [0.15, 0.2) is 0 Å². The molecule has 0 spiro atoms. The van der Waals surface area contributed by atoms with Crippen molar-refractivity contribution in [2.75, 3.05) is 10.6 Å². The zero-order valence-electron chi connectivity index (χ0n) is 13.7. The molecule has 2 heterocycles. The lowest BCUT2D eigenvalue weighted by Crippen LogP contribution is -2.14. The van der Waals surface area contributed by atoms with Gasteiger partial charge in [0.1, 0.15) is 11.6 Å². The molecule has 0 atom stereocenters. The monoisotopic (exact) mass is 395 g/mol. The number of aromatic nitrogens is 1. The number of nitrogens with one attached hydrogen (secondary N) is 2. The van der Waals surface area contributed by atoms with Gasteiger partial charge in [-0.2, -0.15) is 13.2 Å². The maximum atomic E-state index is 12.8. The van der Waals surface area contributed by atoms with Crippen molar-refractivity contribution in [2.45, 2.75) is 12.7 Å². The van der Waals surface area contributed by atoms with E-state index in [4.69, 9.17) is 16.0 Å². The summed E-state index contributed by atoms with van der Waals surface area (Å²) >= 11 is 5.90. The molecule has 0 saturated heterocycles. The SMILES string of the molecule is O=C(Nc1cc(C(F)(F)F)ccc1Cl)c1ccnc(NCc2ccco2)c1. The highest BCUT2D eigenvalue weighted by Crippen LogP contribution is 2.34. The van der Waals surface area contributed by atoms with Crippen LogP contribution in [0.3, 0.4) is 0 Å². The summed E-state index contributed by atoms with van der Waals surface area (Å²) in [7, 11) is 0. The number of carbonyl (C=O) groups excluding carboxylic acids is 1. The molecular weight excluding hydrogens is 383 g/mol. The molecule has 9 heteroatoms. The van der Waals surface area contributed by atoms with Crippen LogP contribution in [-0.2, 0) is 12.7 Å². The van der Waals surface area contributed by atoms with Crippen LogP contribution in [0.25, 0.3) is 0 Å². The number of amides is 1. The number of hydrogen-bond donors (Lipinski definition) is 2. The Morgan fingerprint density at radius 3 is 2.70 bits per heavy atom. The standard InChI is InChI=1S/C18H13ClF3N3O2/c19-14-4-3-12(18(20,21)22)9-15(14)25-17(26)11-5-6-23-16(8-11)24-10-13-2-1-7-27-13/h1-9H,10H2,(H,23,24)(H,25,26). The van der Waals surface area contributed by atoms with E-state index in [1.54, 1.807) is 12.1 Å². The Hall–Kier alpha value is -3.00. The predicted molar refractivity (Wildman–Crippen MR) is 94.7 cm³/mol. The number of rotatable bonds is 5. The first-order valence-electron chi connectivity index (χ1n) is 7.73. The van der Waals surface area contributed by atoms with Gasteiger partial charge in [-0.3, -0.25) is 4.79 Å². The van der Waals surface area contributed by atoms with Crippen LogP contribution < -0.4 is 10.6 Å². The van der Waals surface area contributed by atoms with Gasteiger partial charge < -0.3 is 15.1 Å². The third kappa shape index (κ3) is 4.79. The summed E-state index contributed by atoms with van der Waals surface area (Å²) < 4.78 is 43.7. The lowest BCUT2D eigenvalue weighted by molar-refractivity contribution is -0.137. The maximum absolute atomic E-state index is 12.8. The van der Waals surface area contributed by atoms with E-state index in [2.05, 4.69) is 15.6 Å². The third-order valence-corrected chi connectivity index (χ3v) is 3.92. The van der Waals surface area contributed by atoms with E-state index in [0.29, 0.717) is 18.1 Å². The maximum Gasteiger partial charge on any atom is 0.416 e. The quantitative estimate of drug-likeness (QED) is 0.622. The van der Waals surface area contributed by atoms with Gasteiger partial charge in [0.2, 0.25) is 0 Å². The summed E-state index contributed by atoms with van der Waals surface area (Å²) in [6, 6.07) is 9.16. The fourth-order valence-corrected chi connectivity index (χ4v) is 2.42. The Balaban J connectivity index is 1.74. The second-order valence-electron chi connectivity index (χ2n) is 5.51. The van der Waals surface area contributed by atoms with E-state index < -0.39 is 17.6 Å². The molecule has 0 radical (unpaired) electrons. The Labute approximate surface area is 157 Å². The fourth-order valence-electron chi connectivity index (χ4n) is 2.25. The van der Waals surface area contributed by atoms with Gasteiger partial charge in [0, 0.05) is 11.8 Å². The molecule has 27 heavy (non-hydrogen) atoms. The summed E-state index contributed by atoms with van der Waals surface area (Å²) in [5.41, 5.74) is -0.823. The predicted octanol–water partition coefficient (Wildman–Crippen LogP) is 5.21. The first-order valence-corrected chi connectivity index (χ1v) is 8.11. The zero-order chi connectivity index (χ0) is 19.4. The van der Waals surface area contributed by atoms with Crippen molar-refractivity contribution in [3.8, 4) is 0 Å². The summed E-state index contributed by atoms with van der Waals surface area (Å²) in [6.45, 7) is 0.366. The van der Waals surface area contributed by atoms with Crippen LogP contribution in [0.5, 0.6) is 0 Å². The van der Waals surface area contributed by atoms with Crippen LogP contribution in [0.15, 0.2) is 59.3 Å². The molecule has 3 rings (SSSR count). The van der Waals surface area contributed by atoms with E-state index in [0.717, 1.165) is 18.2 Å². The fraction of sp³-hybridized carbons (Fsp3) is 0.111. The number of alkyl halides is 3. The second-order valence-corrected chi connectivity index (χ2v) is 5.92. The van der Waals surface area contributed by atoms with Gasteiger partial charge in [-0.1, -0.05) is 11.6 Å². The molecule has 0 aliphatic heterocycles. The minimum Gasteiger partial charge on any atom is -0.467 e. The molecule has 0 unspecified atom stereocenters. The Morgan fingerprint density at radius 1 is 1.19 bits per heavy atom. The number of hydrogen-bond acceptors (Lipinski definition) is 4. The lowest BCUT2D eigenvalue weighted by atomic mass is 10.1. The summed E-state index contributed by atoms with van der Waals surface area (Å²) in [6.07, 6.45) is -1.59. The van der Waals surface area contributed by atoms with Crippen LogP contribution in [-0.4, -0.2) is 10.9 Å². The molecule has 5 nitrogen and oxygen atoms in total. The van der Waals surface area contributed by atoms with Gasteiger partial charge in [0.05, 0.1) is 29.1 Å². The van der Waals surface area contributed by atoms with Crippen molar-refractivity contribution in [3.05, 3.63) is 76.8 Å². The smallest absolute Gasteiger partial charge is 0.416 e. The van der Waals surface area contributed by atoms with Crippen molar-refractivity contribution in [1.82, 2.24) is 4.98 Å². The van der Waals surface area contributed by atoms with E-state index in [1.165, 1.54) is 24.6 Å². The largest absolute Gasteiger partial charge is 0.467 e. The van der Waals surface area contributed by atoms with Crippen LogP contribution in [0.2, 0.25) is 5.02 Å². The molecule has 0 aliphatic rings. The van der Waals surface area contributed by atoms with Crippen molar-refractivity contribution >= 4 is 29.0 Å². The molecular formula is C18H13ClF3N3O2. The van der Waals surface area contributed by atoms with Crippen LogP contribution in [0, 0.1) is 0 Å². The molecule has 2 N–H and O–H groups in total. The first-order chi connectivity index (χ1) is 12.8. The van der Waals surface area contributed by atoms with E-state index >= 15 is 0 Å². The van der Waals surface area contributed by atoms with Gasteiger partial charge in [-0.25, -0.2) is 4.98 Å². The Morgan fingerprint density at radius 2 is 2.00 bits per heavy atom. The number of benzene rings is 1. The summed E-state index contributed by atoms with van der Waals surface area (Å²) in [5.74, 6) is 0.483. The van der Waals surface area contributed by atoms with Crippen molar-refractivity contribution in [3.63, 3.8) is 0 Å². The van der Waals surface area contributed by atoms with Crippen LogP contribution >= 0.6 is 11.6 Å². The third-order valence-electron chi connectivity index (χ3n) is 3.59. The average molecular weight is 396 g/mol. The summed E-state index contributed by atoms with van der Waals surface area (Å²) in [4.78, 5) is 16.5. The number of halogens is 4. The minimum absolute atomic E-state index is 0.00146. The van der Waals surface area contributed by atoms with Crippen molar-refractivity contribution in [2.24, 2.45) is 0 Å². The topological polar surface area (TPSA) is 67.2 Å². The number of furan rings is 1. The van der Waals surface area contributed by atoms with Gasteiger partial charge in [-0.05, 0) is 42.5 Å². The molecule has 0 bridgehead atoms. The highest BCUT2D eigenvalue weighted by atomic mass is 35.5. The van der Waals surface area contributed by atoms with E-state index in [-0.39, 0.29) is 16.3 Å². The molecule has 2 aromatic heterocycles. The normalized spacial score (nSPS) is 11.3. The Kier molecular flexibility index (Phi) is 5.36. The Bertz CT molecular complexity index is 943. The molecule has 0 aliphatic carbocycles. The highest BCUT2D eigenvalue weighted by molar-refractivity contribution is 6.34. The number of pyridine rings is 1. The van der Waals surface area contributed by atoms with Crippen molar-refractivity contribution < 1.29 is 22.4 Å². The van der Waals surface area contributed by atoms with Gasteiger partial charge in [0.25, 0.3) is 5.91 Å². The second kappa shape index (κ2) is 7.71. The van der Waals surface area contributed by atoms with E-state index in [9.17, 15) is 18.0 Å². The number of anilines is 2. The average Bonchev–Trinajstić information content (AvgIpc) is 3.14. The molecule has 1 amide bonds. The molecule has 0 saturated carbocycles. The summed E-state index contributed by atoms with van der Waals surface area (Å²) in [5, 5.41) is 5.38. The van der Waals surface area contributed by atoms with Crippen LogP contribution in [0.1, 0.15) is 21.7 Å². The highest BCUT2D eigenvalue weighted by Gasteiger charge is 2.31. The zero-order valence-corrected chi connectivity index (χ0v) is 14.4. The van der Waals surface area contributed by atoms with E-state index in [1.807, 2.05) is 0 Å². The van der Waals surface area contributed by atoms with Crippen molar-refractivity contribution in [1.29, 1.82) is 0 Å². The number of carbonyl (C=O) groups is 1. The molecule has 0 fully saturated rings. The molecule has 1 aromatic carbocycles. The van der Waals surface area contributed by atoms with Gasteiger partial charge in [-0.15, -0.1) is 0 Å².